The van der Waals surface area contributed by atoms with Crippen molar-refractivity contribution < 1.29 is 9.18 Å². The number of nitrogens with one attached hydrogen (secondary N) is 1. The van der Waals surface area contributed by atoms with Crippen LogP contribution in [-0.2, 0) is 4.79 Å². The molecule has 0 bridgehead atoms. The molecule has 2 aliphatic rings. The Morgan fingerprint density at radius 1 is 1.38 bits per heavy atom. The molecule has 1 saturated carbocycles. The molecule has 3 rings (SSSR count). The largest absolute Gasteiger partial charge is 0.355 e. The highest BCUT2D eigenvalue weighted by Gasteiger charge is 2.54. The number of carbonyl (C=O) groups excluding carboxylic acids is 1. The summed E-state index contributed by atoms with van der Waals surface area (Å²) >= 11 is 0. The van der Waals surface area contributed by atoms with Gasteiger partial charge in [0.15, 0.2) is 0 Å². The van der Waals surface area contributed by atoms with Gasteiger partial charge in [0, 0.05) is 12.5 Å². The number of carbonyl (C=O) groups is 1. The second kappa shape index (κ2) is 3.30. The first-order valence-electron chi connectivity index (χ1n) is 5.76. The zero-order valence-corrected chi connectivity index (χ0v) is 9.00. The van der Waals surface area contributed by atoms with E-state index in [2.05, 4.69) is 5.32 Å². The molecular weight excluding hydrogens is 205 g/mol. The van der Waals surface area contributed by atoms with Gasteiger partial charge < -0.3 is 5.32 Å². The molecule has 1 N–H and O–H groups in total. The Balaban J connectivity index is 1.98. The maximum atomic E-state index is 13.2. The zero-order chi connectivity index (χ0) is 11.2. The SMILES string of the molecule is O=C1NCC(c2cccc(F)c2)C12CCC2. The van der Waals surface area contributed by atoms with Crippen LogP contribution in [0.25, 0.3) is 0 Å². The topological polar surface area (TPSA) is 29.1 Å². The van der Waals surface area contributed by atoms with Gasteiger partial charge in [-0.1, -0.05) is 18.6 Å². The van der Waals surface area contributed by atoms with E-state index in [1.54, 1.807) is 12.1 Å². The normalized spacial score (nSPS) is 26.6. The van der Waals surface area contributed by atoms with Gasteiger partial charge in [-0.15, -0.1) is 0 Å². The molecule has 84 valence electrons. The molecule has 3 heteroatoms. The van der Waals surface area contributed by atoms with Crippen LogP contribution in [-0.4, -0.2) is 12.5 Å². The van der Waals surface area contributed by atoms with Crippen molar-refractivity contribution in [3.05, 3.63) is 35.6 Å². The third-order valence-electron chi connectivity index (χ3n) is 4.08. The van der Waals surface area contributed by atoms with E-state index in [0.29, 0.717) is 6.54 Å². The molecule has 1 unspecified atom stereocenters. The van der Waals surface area contributed by atoms with Crippen molar-refractivity contribution in [3.8, 4) is 0 Å². The van der Waals surface area contributed by atoms with Crippen LogP contribution in [0, 0.1) is 11.2 Å². The Labute approximate surface area is 93.9 Å². The third kappa shape index (κ3) is 1.20. The highest BCUT2D eigenvalue weighted by molar-refractivity contribution is 5.87. The lowest BCUT2D eigenvalue weighted by molar-refractivity contribution is -0.132. The lowest BCUT2D eigenvalue weighted by Crippen LogP contribution is -2.40. The fourth-order valence-corrected chi connectivity index (χ4v) is 3.02. The Morgan fingerprint density at radius 3 is 2.81 bits per heavy atom. The molecule has 1 amide bonds. The van der Waals surface area contributed by atoms with Crippen molar-refractivity contribution in [1.82, 2.24) is 5.32 Å². The molecule has 0 radical (unpaired) electrons. The summed E-state index contributed by atoms with van der Waals surface area (Å²) in [6.07, 6.45) is 3.00. The molecular formula is C13H14FNO. The highest BCUT2D eigenvalue weighted by Crippen LogP contribution is 2.53. The molecule has 1 aromatic carbocycles. The quantitative estimate of drug-likeness (QED) is 0.771. The molecule has 1 aromatic rings. The van der Waals surface area contributed by atoms with Crippen molar-refractivity contribution >= 4 is 5.91 Å². The summed E-state index contributed by atoms with van der Waals surface area (Å²) in [6.45, 7) is 0.655. The Hall–Kier alpha value is -1.38. The Morgan fingerprint density at radius 2 is 2.19 bits per heavy atom. The molecule has 1 aliphatic heterocycles. The van der Waals surface area contributed by atoms with Crippen LogP contribution in [0.2, 0.25) is 0 Å². The minimum absolute atomic E-state index is 0.157. The number of benzene rings is 1. The van der Waals surface area contributed by atoms with E-state index in [0.717, 1.165) is 24.8 Å². The maximum Gasteiger partial charge on any atom is 0.226 e. The maximum absolute atomic E-state index is 13.2. The Kier molecular flexibility index (Phi) is 2.03. The van der Waals surface area contributed by atoms with Gasteiger partial charge in [0.1, 0.15) is 5.82 Å². The summed E-state index contributed by atoms with van der Waals surface area (Å²) in [5.41, 5.74) is 0.728. The van der Waals surface area contributed by atoms with Crippen LogP contribution in [0.5, 0.6) is 0 Å². The van der Waals surface area contributed by atoms with E-state index in [-0.39, 0.29) is 23.1 Å². The monoisotopic (exact) mass is 219 g/mol. The van der Waals surface area contributed by atoms with E-state index in [1.165, 1.54) is 6.07 Å². The smallest absolute Gasteiger partial charge is 0.226 e. The van der Waals surface area contributed by atoms with Crippen LogP contribution in [0.15, 0.2) is 24.3 Å². The molecule has 1 spiro atoms. The van der Waals surface area contributed by atoms with Crippen LogP contribution in [0.3, 0.4) is 0 Å². The molecule has 0 aromatic heterocycles. The van der Waals surface area contributed by atoms with E-state index in [1.807, 2.05) is 6.07 Å². The zero-order valence-electron chi connectivity index (χ0n) is 9.00. The van der Waals surface area contributed by atoms with Crippen molar-refractivity contribution in [2.45, 2.75) is 25.2 Å². The fraction of sp³-hybridized carbons (Fsp3) is 0.462. The van der Waals surface area contributed by atoms with Crippen molar-refractivity contribution in [2.75, 3.05) is 6.54 Å². The van der Waals surface area contributed by atoms with E-state index in [4.69, 9.17) is 0 Å². The summed E-state index contributed by atoms with van der Waals surface area (Å²) < 4.78 is 13.2. The first-order valence-corrected chi connectivity index (χ1v) is 5.76. The average Bonchev–Trinajstić information content (AvgIpc) is 2.55. The van der Waals surface area contributed by atoms with Crippen LogP contribution < -0.4 is 5.32 Å². The third-order valence-corrected chi connectivity index (χ3v) is 4.08. The number of hydrogen-bond acceptors (Lipinski definition) is 1. The first kappa shape index (κ1) is 9.82. The van der Waals surface area contributed by atoms with Gasteiger partial charge >= 0.3 is 0 Å². The lowest BCUT2D eigenvalue weighted by Gasteiger charge is -2.40. The van der Waals surface area contributed by atoms with Gasteiger partial charge in [0.05, 0.1) is 5.41 Å². The van der Waals surface area contributed by atoms with Crippen LogP contribution >= 0.6 is 0 Å². The predicted octanol–water partition coefficient (Wildman–Crippen LogP) is 2.21. The second-order valence-electron chi connectivity index (χ2n) is 4.83. The highest BCUT2D eigenvalue weighted by atomic mass is 19.1. The number of halogens is 1. The Bertz CT molecular complexity index is 439. The second-order valence-corrected chi connectivity index (χ2v) is 4.83. The van der Waals surface area contributed by atoms with Crippen molar-refractivity contribution in [2.24, 2.45) is 5.41 Å². The minimum Gasteiger partial charge on any atom is -0.355 e. The van der Waals surface area contributed by atoms with Gasteiger partial charge in [0.2, 0.25) is 5.91 Å². The van der Waals surface area contributed by atoms with Gasteiger partial charge in [-0.25, -0.2) is 4.39 Å². The molecule has 1 saturated heterocycles. The van der Waals surface area contributed by atoms with Gasteiger partial charge in [0.25, 0.3) is 0 Å². The molecule has 2 nitrogen and oxygen atoms in total. The van der Waals surface area contributed by atoms with Crippen molar-refractivity contribution in [3.63, 3.8) is 0 Å². The fourth-order valence-electron chi connectivity index (χ4n) is 3.02. The molecule has 1 atom stereocenters. The summed E-state index contributed by atoms with van der Waals surface area (Å²) in [4.78, 5) is 11.8. The standard InChI is InChI=1S/C13H14FNO/c14-10-4-1-3-9(7-10)11-8-15-12(16)13(11)5-2-6-13/h1,3-4,7,11H,2,5-6,8H2,(H,15,16). The number of hydrogen-bond donors (Lipinski definition) is 1. The van der Waals surface area contributed by atoms with E-state index in [9.17, 15) is 9.18 Å². The molecule has 1 heterocycles. The van der Waals surface area contributed by atoms with Gasteiger partial charge in [-0.3, -0.25) is 4.79 Å². The summed E-state index contributed by atoms with van der Waals surface area (Å²) in [6, 6.07) is 6.65. The lowest BCUT2D eigenvalue weighted by atomic mass is 9.61. The van der Waals surface area contributed by atoms with Crippen LogP contribution in [0.1, 0.15) is 30.7 Å². The van der Waals surface area contributed by atoms with Gasteiger partial charge in [-0.05, 0) is 30.5 Å². The van der Waals surface area contributed by atoms with Crippen LogP contribution in [0.4, 0.5) is 4.39 Å². The summed E-state index contributed by atoms with van der Waals surface area (Å²) in [5.74, 6) is 0.101. The van der Waals surface area contributed by atoms with E-state index < -0.39 is 0 Å². The molecule has 16 heavy (non-hydrogen) atoms. The molecule has 2 fully saturated rings. The van der Waals surface area contributed by atoms with E-state index >= 15 is 0 Å². The average molecular weight is 219 g/mol. The van der Waals surface area contributed by atoms with Gasteiger partial charge in [-0.2, -0.15) is 0 Å². The predicted molar refractivity (Wildman–Crippen MR) is 58.4 cm³/mol. The van der Waals surface area contributed by atoms with Crippen molar-refractivity contribution in [1.29, 1.82) is 0 Å². The first-order chi connectivity index (χ1) is 7.72. The minimum atomic E-state index is -0.228. The summed E-state index contributed by atoms with van der Waals surface area (Å²) in [7, 11) is 0. The number of rotatable bonds is 1. The summed E-state index contributed by atoms with van der Waals surface area (Å²) in [5, 5.41) is 2.92. The molecule has 1 aliphatic carbocycles. The number of amides is 1.